The number of unbranched alkanes of at least 4 members (excludes halogenated alkanes) is 2. The van der Waals surface area contributed by atoms with Gasteiger partial charge in [0.05, 0.1) is 5.56 Å². The van der Waals surface area contributed by atoms with Crippen LogP contribution in [0.2, 0.25) is 0 Å². The molecule has 1 aromatic carbocycles. The van der Waals surface area contributed by atoms with Crippen molar-refractivity contribution in [3.8, 4) is 0 Å². The number of alkyl halides is 4. The van der Waals surface area contributed by atoms with Gasteiger partial charge in [-0.25, -0.2) is 0 Å². The van der Waals surface area contributed by atoms with E-state index in [0.717, 1.165) is 18.0 Å². The van der Waals surface area contributed by atoms with Crippen molar-refractivity contribution in [3.63, 3.8) is 0 Å². The lowest BCUT2D eigenvalue weighted by Crippen LogP contribution is -2.04. The van der Waals surface area contributed by atoms with Crippen LogP contribution in [-0.2, 0) is 6.18 Å². The van der Waals surface area contributed by atoms with Gasteiger partial charge in [0.15, 0.2) is 0 Å². The molecule has 0 amide bonds. The lowest BCUT2D eigenvalue weighted by atomic mass is 10.1. The summed E-state index contributed by atoms with van der Waals surface area (Å²) in [5, 5.41) is 0. The summed E-state index contributed by atoms with van der Waals surface area (Å²) in [5.41, 5.74) is -0.162. The van der Waals surface area contributed by atoms with Crippen LogP contribution in [0.4, 0.5) is 13.2 Å². The van der Waals surface area contributed by atoms with Gasteiger partial charge >= 0.3 is 6.18 Å². The molecule has 0 aliphatic rings. The average molecular weight is 279 g/mol. The van der Waals surface area contributed by atoms with Crippen LogP contribution < -0.4 is 0 Å². The minimum Gasteiger partial charge on any atom is -0.166 e. The lowest BCUT2D eigenvalue weighted by Gasteiger charge is -2.06. The first-order valence-corrected chi connectivity index (χ1v) is 6.34. The quantitative estimate of drug-likeness (QED) is 0.485. The van der Waals surface area contributed by atoms with Crippen LogP contribution in [0.15, 0.2) is 30.8 Å². The fourth-order valence-electron chi connectivity index (χ4n) is 1.19. The van der Waals surface area contributed by atoms with E-state index in [1.54, 1.807) is 6.07 Å². The molecule has 0 fully saturated rings. The Balaban J connectivity index is 0.000000411. The second kappa shape index (κ2) is 9.03. The molecule has 0 atom stereocenters. The first-order valence-electron chi connectivity index (χ1n) is 5.81. The molecule has 0 saturated heterocycles. The Labute approximate surface area is 111 Å². The molecule has 0 aliphatic carbocycles. The summed E-state index contributed by atoms with van der Waals surface area (Å²) in [6.07, 6.45) is 0.850. The molecule has 0 aliphatic heterocycles. The molecule has 1 aromatic rings. The molecular formula is C14H18ClF3. The number of rotatable bonds is 4. The molecule has 0 N–H and O–H groups in total. The second-order valence-electron chi connectivity index (χ2n) is 3.72. The molecule has 0 nitrogen and oxygen atoms in total. The summed E-state index contributed by atoms with van der Waals surface area (Å²) in [6.45, 7) is 5.56. The highest BCUT2D eigenvalue weighted by atomic mass is 35.5. The first kappa shape index (κ1) is 17.0. The van der Waals surface area contributed by atoms with Crippen molar-refractivity contribution in [2.45, 2.75) is 32.4 Å². The molecule has 0 heterocycles. The number of benzene rings is 1. The van der Waals surface area contributed by atoms with Crippen molar-refractivity contribution >= 4 is 17.7 Å². The maximum absolute atomic E-state index is 12.1. The van der Waals surface area contributed by atoms with Crippen molar-refractivity contribution in [1.29, 1.82) is 0 Å². The molecule has 0 saturated carbocycles. The third-order valence-electron chi connectivity index (χ3n) is 2.19. The van der Waals surface area contributed by atoms with Gasteiger partial charge in [0.25, 0.3) is 0 Å². The highest BCUT2D eigenvalue weighted by molar-refractivity contribution is 6.17. The van der Waals surface area contributed by atoms with E-state index >= 15 is 0 Å². The molecule has 18 heavy (non-hydrogen) atoms. The van der Waals surface area contributed by atoms with E-state index in [1.807, 2.05) is 0 Å². The van der Waals surface area contributed by atoms with Crippen molar-refractivity contribution in [3.05, 3.63) is 42.0 Å². The Morgan fingerprint density at radius 3 is 2.33 bits per heavy atom. The van der Waals surface area contributed by atoms with Crippen LogP contribution in [0.5, 0.6) is 0 Å². The van der Waals surface area contributed by atoms with Gasteiger partial charge in [-0.3, -0.25) is 0 Å². The smallest absolute Gasteiger partial charge is 0.166 e. The largest absolute Gasteiger partial charge is 0.416 e. The SMILES string of the molecule is C=Cc1cccc(C(F)(F)F)c1.CCCCCCl. The topological polar surface area (TPSA) is 0 Å². The molecular weight excluding hydrogens is 261 g/mol. The van der Waals surface area contributed by atoms with Crippen LogP contribution in [0, 0.1) is 0 Å². The summed E-state index contributed by atoms with van der Waals surface area (Å²) in [6, 6.07) is 5.03. The monoisotopic (exact) mass is 278 g/mol. The van der Waals surface area contributed by atoms with Crippen molar-refractivity contribution in [2.24, 2.45) is 0 Å². The van der Waals surface area contributed by atoms with Crippen LogP contribution in [0.3, 0.4) is 0 Å². The van der Waals surface area contributed by atoms with Gasteiger partial charge in [-0.05, 0) is 24.1 Å². The zero-order valence-electron chi connectivity index (χ0n) is 10.4. The van der Waals surface area contributed by atoms with Gasteiger partial charge in [-0.2, -0.15) is 13.2 Å². The molecule has 0 radical (unpaired) electrons. The van der Waals surface area contributed by atoms with Crippen LogP contribution in [-0.4, -0.2) is 5.88 Å². The maximum Gasteiger partial charge on any atom is 0.416 e. The first-order chi connectivity index (χ1) is 8.45. The van der Waals surface area contributed by atoms with Gasteiger partial charge in [-0.1, -0.05) is 44.6 Å². The van der Waals surface area contributed by atoms with Gasteiger partial charge in [0, 0.05) is 5.88 Å². The van der Waals surface area contributed by atoms with E-state index in [1.165, 1.54) is 31.4 Å². The van der Waals surface area contributed by atoms with E-state index < -0.39 is 11.7 Å². The number of hydrogen-bond acceptors (Lipinski definition) is 0. The summed E-state index contributed by atoms with van der Waals surface area (Å²) in [4.78, 5) is 0. The van der Waals surface area contributed by atoms with Crippen molar-refractivity contribution in [1.82, 2.24) is 0 Å². The summed E-state index contributed by atoms with van der Waals surface area (Å²) in [7, 11) is 0. The number of hydrogen-bond donors (Lipinski definition) is 0. The molecule has 0 spiro atoms. The van der Waals surface area contributed by atoms with Crippen LogP contribution >= 0.6 is 11.6 Å². The van der Waals surface area contributed by atoms with Crippen molar-refractivity contribution < 1.29 is 13.2 Å². The predicted molar refractivity (Wildman–Crippen MR) is 71.8 cm³/mol. The summed E-state index contributed by atoms with van der Waals surface area (Å²) >= 11 is 5.38. The molecule has 1 rings (SSSR count). The van der Waals surface area contributed by atoms with E-state index in [0.29, 0.717) is 5.56 Å². The Bertz CT molecular complexity index is 341. The lowest BCUT2D eigenvalue weighted by molar-refractivity contribution is -0.137. The minimum atomic E-state index is -4.26. The standard InChI is InChI=1S/C9H7F3.C5H11Cl/c1-2-7-4-3-5-8(6-7)9(10,11)12;1-2-3-4-5-6/h2-6H,1H2;2-5H2,1H3. The molecule has 4 heteroatoms. The third kappa shape index (κ3) is 7.38. The highest BCUT2D eigenvalue weighted by Crippen LogP contribution is 2.29. The maximum atomic E-state index is 12.1. The average Bonchev–Trinajstić information content (AvgIpc) is 2.36. The molecule has 102 valence electrons. The second-order valence-corrected chi connectivity index (χ2v) is 4.10. The van der Waals surface area contributed by atoms with Gasteiger partial charge in [-0.15, -0.1) is 11.6 Å². The molecule has 0 unspecified atom stereocenters. The van der Waals surface area contributed by atoms with Gasteiger partial charge in [0.2, 0.25) is 0 Å². The van der Waals surface area contributed by atoms with E-state index in [9.17, 15) is 13.2 Å². The number of halogens is 4. The zero-order valence-corrected chi connectivity index (χ0v) is 11.2. The van der Waals surface area contributed by atoms with Crippen LogP contribution in [0.1, 0.15) is 37.3 Å². The van der Waals surface area contributed by atoms with Gasteiger partial charge in [0.1, 0.15) is 0 Å². The zero-order chi connectivity index (χ0) is 14.0. The summed E-state index contributed by atoms with van der Waals surface area (Å²) in [5.74, 6) is 0.827. The Morgan fingerprint density at radius 2 is 1.94 bits per heavy atom. The molecule has 0 bridgehead atoms. The Hall–Kier alpha value is -0.960. The Morgan fingerprint density at radius 1 is 1.28 bits per heavy atom. The third-order valence-corrected chi connectivity index (χ3v) is 2.45. The van der Waals surface area contributed by atoms with E-state index in [-0.39, 0.29) is 0 Å². The van der Waals surface area contributed by atoms with Crippen molar-refractivity contribution in [2.75, 3.05) is 5.88 Å². The fraction of sp³-hybridized carbons (Fsp3) is 0.429. The summed E-state index contributed by atoms with van der Waals surface area (Å²) < 4.78 is 36.2. The Kier molecular flexibility index (Phi) is 8.55. The van der Waals surface area contributed by atoms with E-state index in [2.05, 4.69) is 13.5 Å². The van der Waals surface area contributed by atoms with Gasteiger partial charge < -0.3 is 0 Å². The van der Waals surface area contributed by atoms with Crippen LogP contribution in [0.25, 0.3) is 6.08 Å². The molecule has 0 aromatic heterocycles. The normalized spacial score (nSPS) is 10.5. The minimum absolute atomic E-state index is 0.477. The van der Waals surface area contributed by atoms with E-state index in [4.69, 9.17) is 11.6 Å². The predicted octanol–water partition coefficient (Wildman–Crippen LogP) is 5.76. The highest BCUT2D eigenvalue weighted by Gasteiger charge is 2.29. The fourth-order valence-corrected chi connectivity index (χ4v) is 1.38.